The average Bonchev–Trinajstić information content (AvgIpc) is 1.98. The van der Waals surface area contributed by atoms with Crippen molar-refractivity contribution in [1.29, 1.82) is 0 Å². The molecule has 0 saturated heterocycles. The standard InChI is InChI=1S/C10H22BrNO2S/c1-8(2)5-6-15(13,14)12-10(4)7-9(3)11/h8-10,12H,5-7H2,1-4H3. The van der Waals surface area contributed by atoms with Crippen molar-refractivity contribution in [1.82, 2.24) is 4.72 Å². The Labute approximate surface area is 102 Å². The Balaban J connectivity index is 4.02. The Bertz CT molecular complexity index is 263. The van der Waals surface area contributed by atoms with Gasteiger partial charge in [0.1, 0.15) is 0 Å². The van der Waals surface area contributed by atoms with Gasteiger partial charge in [0.25, 0.3) is 0 Å². The summed E-state index contributed by atoms with van der Waals surface area (Å²) in [5, 5.41) is 0. The number of hydrogen-bond donors (Lipinski definition) is 1. The zero-order valence-electron chi connectivity index (χ0n) is 9.96. The van der Waals surface area contributed by atoms with Crippen LogP contribution in [-0.2, 0) is 10.0 Å². The summed E-state index contributed by atoms with van der Waals surface area (Å²) >= 11 is 3.41. The molecule has 0 aliphatic heterocycles. The summed E-state index contributed by atoms with van der Waals surface area (Å²) in [5.41, 5.74) is 0. The van der Waals surface area contributed by atoms with E-state index in [4.69, 9.17) is 0 Å². The van der Waals surface area contributed by atoms with Crippen LogP contribution in [-0.4, -0.2) is 25.0 Å². The van der Waals surface area contributed by atoms with Crippen molar-refractivity contribution in [2.45, 2.75) is 51.4 Å². The van der Waals surface area contributed by atoms with E-state index in [1.54, 1.807) is 0 Å². The lowest BCUT2D eigenvalue weighted by Gasteiger charge is -2.15. The molecule has 0 amide bonds. The highest BCUT2D eigenvalue weighted by Crippen LogP contribution is 2.08. The van der Waals surface area contributed by atoms with E-state index in [0.29, 0.717) is 17.2 Å². The molecule has 0 heterocycles. The molecule has 1 N–H and O–H groups in total. The second-order valence-electron chi connectivity index (χ2n) is 4.54. The summed E-state index contributed by atoms with van der Waals surface area (Å²) in [5.74, 6) is 0.651. The number of hydrogen-bond acceptors (Lipinski definition) is 2. The minimum absolute atomic E-state index is 0.00321. The fraction of sp³-hybridized carbons (Fsp3) is 1.00. The van der Waals surface area contributed by atoms with E-state index in [0.717, 1.165) is 6.42 Å². The molecule has 0 radical (unpaired) electrons. The van der Waals surface area contributed by atoms with Crippen LogP contribution in [0.15, 0.2) is 0 Å². The number of nitrogens with one attached hydrogen (secondary N) is 1. The SMILES string of the molecule is CC(C)CCS(=O)(=O)NC(C)CC(C)Br. The molecule has 3 nitrogen and oxygen atoms in total. The number of alkyl halides is 1. The van der Waals surface area contributed by atoms with E-state index in [2.05, 4.69) is 20.7 Å². The predicted octanol–water partition coefficient (Wildman–Crippen LogP) is 2.51. The van der Waals surface area contributed by atoms with Crippen LogP contribution in [0.3, 0.4) is 0 Å². The summed E-state index contributed by atoms with van der Waals surface area (Å²) in [6.45, 7) is 7.96. The molecule has 0 saturated carbocycles. The van der Waals surface area contributed by atoms with Gasteiger partial charge in [-0.25, -0.2) is 13.1 Å². The van der Waals surface area contributed by atoms with Crippen LogP contribution in [0.2, 0.25) is 0 Å². The number of rotatable bonds is 7. The highest BCUT2D eigenvalue weighted by Gasteiger charge is 2.15. The van der Waals surface area contributed by atoms with Crippen molar-refractivity contribution in [3.05, 3.63) is 0 Å². The third-order valence-corrected chi connectivity index (χ3v) is 3.93. The van der Waals surface area contributed by atoms with Crippen LogP contribution in [0, 0.1) is 5.92 Å². The zero-order valence-corrected chi connectivity index (χ0v) is 12.4. The molecular weight excluding hydrogens is 278 g/mol. The van der Waals surface area contributed by atoms with Gasteiger partial charge in [-0.3, -0.25) is 0 Å². The highest BCUT2D eigenvalue weighted by atomic mass is 79.9. The number of sulfonamides is 1. The van der Waals surface area contributed by atoms with E-state index in [-0.39, 0.29) is 11.8 Å². The largest absolute Gasteiger partial charge is 0.212 e. The van der Waals surface area contributed by atoms with Gasteiger partial charge in [-0.15, -0.1) is 0 Å². The van der Waals surface area contributed by atoms with Gasteiger partial charge in [-0.2, -0.15) is 0 Å². The summed E-state index contributed by atoms with van der Waals surface area (Å²) in [6, 6.07) is -0.00321. The van der Waals surface area contributed by atoms with Gasteiger partial charge in [0.2, 0.25) is 10.0 Å². The van der Waals surface area contributed by atoms with Crippen molar-refractivity contribution >= 4 is 26.0 Å². The van der Waals surface area contributed by atoms with Gasteiger partial charge in [-0.05, 0) is 25.7 Å². The van der Waals surface area contributed by atoms with Crippen molar-refractivity contribution in [3.8, 4) is 0 Å². The third-order valence-electron chi connectivity index (χ3n) is 2.02. The van der Waals surface area contributed by atoms with E-state index in [1.165, 1.54) is 0 Å². The monoisotopic (exact) mass is 299 g/mol. The predicted molar refractivity (Wildman–Crippen MR) is 68.8 cm³/mol. The van der Waals surface area contributed by atoms with Crippen LogP contribution < -0.4 is 4.72 Å². The second-order valence-corrected chi connectivity index (χ2v) is 7.97. The second kappa shape index (κ2) is 6.86. The minimum atomic E-state index is -3.09. The summed E-state index contributed by atoms with van der Waals surface area (Å²) in [6.07, 6.45) is 1.52. The lowest BCUT2D eigenvalue weighted by Crippen LogP contribution is -2.35. The van der Waals surface area contributed by atoms with Crippen molar-refractivity contribution in [2.24, 2.45) is 5.92 Å². The molecule has 92 valence electrons. The summed E-state index contributed by atoms with van der Waals surface area (Å²) < 4.78 is 25.9. The van der Waals surface area contributed by atoms with E-state index in [9.17, 15) is 8.42 Å². The van der Waals surface area contributed by atoms with Crippen LogP contribution in [0.5, 0.6) is 0 Å². The maximum atomic E-state index is 11.6. The first-order valence-electron chi connectivity index (χ1n) is 5.37. The lowest BCUT2D eigenvalue weighted by atomic mass is 10.2. The molecular formula is C10H22BrNO2S. The zero-order chi connectivity index (χ0) is 12.1. The van der Waals surface area contributed by atoms with E-state index in [1.807, 2.05) is 27.7 Å². The van der Waals surface area contributed by atoms with E-state index < -0.39 is 10.0 Å². The van der Waals surface area contributed by atoms with Crippen LogP contribution in [0.1, 0.15) is 40.5 Å². The molecule has 0 aromatic heterocycles. The Morgan fingerprint density at radius 1 is 1.20 bits per heavy atom. The molecule has 0 rings (SSSR count). The smallest absolute Gasteiger partial charge is 0.211 e. The molecule has 0 aromatic carbocycles. The Kier molecular flexibility index (Phi) is 7.04. The quantitative estimate of drug-likeness (QED) is 0.734. The van der Waals surface area contributed by atoms with Gasteiger partial charge < -0.3 is 0 Å². The van der Waals surface area contributed by atoms with Crippen molar-refractivity contribution in [3.63, 3.8) is 0 Å². The van der Waals surface area contributed by atoms with Crippen LogP contribution in [0.4, 0.5) is 0 Å². The molecule has 0 aliphatic rings. The van der Waals surface area contributed by atoms with E-state index >= 15 is 0 Å². The minimum Gasteiger partial charge on any atom is -0.212 e. The first-order valence-corrected chi connectivity index (χ1v) is 7.94. The fourth-order valence-corrected chi connectivity index (χ4v) is 3.46. The van der Waals surface area contributed by atoms with Crippen molar-refractivity contribution < 1.29 is 8.42 Å². The Hall–Kier alpha value is 0.390. The van der Waals surface area contributed by atoms with Crippen LogP contribution >= 0.6 is 15.9 Å². The van der Waals surface area contributed by atoms with Crippen molar-refractivity contribution in [2.75, 3.05) is 5.75 Å². The summed E-state index contributed by atoms with van der Waals surface area (Å²) in [7, 11) is -3.09. The first-order chi connectivity index (χ1) is 6.73. The van der Waals surface area contributed by atoms with Gasteiger partial charge >= 0.3 is 0 Å². The van der Waals surface area contributed by atoms with Gasteiger partial charge in [0.15, 0.2) is 0 Å². The molecule has 5 heteroatoms. The molecule has 0 fully saturated rings. The maximum absolute atomic E-state index is 11.6. The van der Waals surface area contributed by atoms with Gasteiger partial charge in [-0.1, -0.05) is 36.7 Å². The molecule has 0 aromatic rings. The Morgan fingerprint density at radius 2 is 1.73 bits per heavy atom. The summed E-state index contributed by atoms with van der Waals surface area (Å²) in [4.78, 5) is 0.334. The molecule has 2 unspecified atom stereocenters. The topological polar surface area (TPSA) is 46.2 Å². The number of halogens is 1. The fourth-order valence-electron chi connectivity index (χ4n) is 1.29. The third kappa shape index (κ3) is 9.33. The molecule has 2 atom stereocenters. The molecule has 0 aliphatic carbocycles. The highest BCUT2D eigenvalue weighted by molar-refractivity contribution is 9.09. The normalized spacial score (nSPS) is 16.7. The molecule has 0 spiro atoms. The molecule has 15 heavy (non-hydrogen) atoms. The Morgan fingerprint density at radius 3 is 2.13 bits per heavy atom. The molecule has 0 bridgehead atoms. The maximum Gasteiger partial charge on any atom is 0.211 e. The lowest BCUT2D eigenvalue weighted by molar-refractivity contribution is 0.536. The van der Waals surface area contributed by atoms with Gasteiger partial charge in [0.05, 0.1) is 5.75 Å². The average molecular weight is 300 g/mol. The van der Waals surface area contributed by atoms with Crippen LogP contribution in [0.25, 0.3) is 0 Å². The first kappa shape index (κ1) is 15.4. The van der Waals surface area contributed by atoms with Gasteiger partial charge in [0, 0.05) is 10.9 Å².